The zero-order chi connectivity index (χ0) is 15.4. The van der Waals surface area contributed by atoms with E-state index in [4.69, 9.17) is 0 Å². The van der Waals surface area contributed by atoms with Gasteiger partial charge in [-0.3, -0.25) is 9.78 Å². The summed E-state index contributed by atoms with van der Waals surface area (Å²) in [6.45, 7) is 1.84. The largest absolute Gasteiger partial charge is 0.339 e. The van der Waals surface area contributed by atoms with Crippen molar-refractivity contribution in [2.75, 3.05) is 0 Å². The number of hydrogen-bond donors (Lipinski definition) is 1. The maximum Gasteiger partial charge on any atom is 0.272 e. The lowest BCUT2D eigenvalue weighted by molar-refractivity contribution is 0.0938. The molecule has 3 aromatic rings. The predicted octanol–water partition coefficient (Wildman–Crippen LogP) is 3.37. The van der Waals surface area contributed by atoms with Gasteiger partial charge in [0.25, 0.3) is 5.91 Å². The molecule has 0 aliphatic carbocycles. The van der Waals surface area contributed by atoms with E-state index in [0.29, 0.717) is 5.69 Å². The summed E-state index contributed by atoms with van der Waals surface area (Å²) in [5.74, 6) is -0.227. The number of rotatable bonds is 4. The first-order chi connectivity index (χ1) is 10.7. The van der Waals surface area contributed by atoms with Crippen LogP contribution in [0.2, 0.25) is 0 Å². The molecule has 4 nitrogen and oxygen atoms in total. The SMILES string of the molecule is Cc1cnc(C(=O)N[C@H](c2ccccc2)c2cccs2)cn1. The molecule has 3 rings (SSSR count). The van der Waals surface area contributed by atoms with Crippen LogP contribution in [0.4, 0.5) is 0 Å². The number of aromatic nitrogens is 2. The third-order valence-corrected chi connectivity index (χ3v) is 4.19. The average molecular weight is 309 g/mol. The number of aryl methyl sites for hydroxylation is 1. The fraction of sp³-hybridized carbons (Fsp3) is 0.118. The highest BCUT2D eigenvalue weighted by atomic mass is 32.1. The van der Waals surface area contributed by atoms with Crippen molar-refractivity contribution in [2.45, 2.75) is 13.0 Å². The van der Waals surface area contributed by atoms with Gasteiger partial charge in [-0.15, -0.1) is 11.3 Å². The summed E-state index contributed by atoms with van der Waals surface area (Å²) in [5.41, 5.74) is 2.15. The molecular formula is C17H15N3OS. The van der Waals surface area contributed by atoms with Crippen molar-refractivity contribution in [1.82, 2.24) is 15.3 Å². The average Bonchev–Trinajstić information content (AvgIpc) is 3.08. The smallest absolute Gasteiger partial charge is 0.272 e. The van der Waals surface area contributed by atoms with Crippen LogP contribution in [0, 0.1) is 6.92 Å². The third-order valence-electron chi connectivity index (χ3n) is 3.25. The number of carbonyl (C=O) groups excluding carboxylic acids is 1. The highest BCUT2D eigenvalue weighted by Crippen LogP contribution is 2.26. The number of thiophene rings is 1. The lowest BCUT2D eigenvalue weighted by Gasteiger charge is -2.17. The summed E-state index contributed by atoms with van der Waals surface area (Å²) in [6, 6.07) is 13.7. The van der Waals surface area contributed by atoms with Crippen LogP contribution in [0.1, 0.15) is 32.7 Å². The maximum absolute atomic E-state index is 12.4. The van der Waals surface area contributed by atoms with Crippen LogP contribution in [0.5, 0.6) is 0 Å². The van der Waals surface area contributed by atoms with Crippen LogP contribution >= 0.6 is 11.3 Å². The lowest BCUT2D eigenvalue weighted by Crippen LogP contribution is -2.29. The Labute approximate surface area is 132 Å². The summed E-state index contributed by atoms with van der Waals surface area (Å²) < 4.78 is 0. The van der Waals surface area contributed by atoms with Crippen LogP contribution in [0.3, 0.4) is 0 Å². The van der Waals surface area contributed by atoms with Gasteiger partial charge in [-0.25, -0.2) is 4.98 Å². The molecule has 0 fully saturated rings. The second kappa shape index (κ2) is 6.49. The molecule has 0 unspecified atom stereocenters. The highest BCUT2D eigenvalue weighted by Gasteiger charge is 2.19. The first-order valence-electron chi connectivity index (χ1n) is 6.92. The molecular weight excluding hydrogens is 294 g/mol. The van der Waals surface area contributed by atoms with Gasteiger partial charge in [0, 0.05) is 11.1 Å². The first-order valence-corrected chi connectivity index (χ1v) is 7.80. The first kappa shape index (κ1) is 14.4. The summed E-state index contributed by atoms with van der Waals surface area (Å²) in [5, 5.41) is 5.04. The molecule has 0 radical (unpaired) electrons. The van der Waals surface area contributed by atoms with Gasteiger partial charge in [0.15, 0.2) is 0 Å². The van der Waals surface area contributed by atoms with Gasteiger partial charge in [0.05, 0.1) is 17.9 Å². The van der Waals surface area contributed by atoms with E-state index in [1.165, 1.54) is 6.20 Å². The summed E-state index contributed by atoms with van der Waals surface area (Å²) in [6.07, 6.45) is 3.10. The van der Waals surface area contributed by atoms with E-state index >= 15 is 0 Å². The second-order valence-electron chi connectivity index (χ2n) is 4.88. The van der Waals surface area contributed by atoms with Crippen molar-refractivity contribution in [3.63, 3.8) is 0 Å². The fourth-order valence-electron chi connectivity index (χ4n) is 2.13. The Bertz CT molecular complexity index is 739. The minimum Gasteiger partial charge on any atom is -0.339 e. The van der Waals surface area contributed by atoms with Crippen molar-refractivity contribution in [3.8, 4) is 0 Å². The quantitative estimate of drug-likeness (QED) is 0.804. The zero-order valence-corrected chi connectivity index (χ0v) is 12.9. The van der Waals surface area contributed by atoms with Crippen molar-refractivity contribution in [2.24, 2.45) is 0 Å². The van der Waals surface area contributed by atoms with E-state index in [-0.39, 0.29) is 11.9 Å². The molecule has 2 heterocycles. The molecule has 1 aromatic carbocycles. The van der Waals surface area contributed by atoms with Gasteiger partial charge < -0.3 is 5.32 Å². The number of nitrogens with one attached hydrogen (secondary N) is 1. The highest BCUT2D eigenvalue weighted by molar-refractivity contribution is 7.10. The standard InChI is InChI=1S/C17H15N3OS/c1-12-10-19-14(11-18-12)17(21)20-16(15-8-5-9-22-15)13-6-3-2-4-7-13/h2-11,16H,1H3,(H,20,21)/t16-/m1/s1. The van der Waals surface area contributed by atoms with E-state index in [9.17, 15) is 4.79 Å². The lowest BCUT2D eigenvalue weighted by atomic mass is 10.1. The summed E-state index contributed by atoms with van der Waals surface area (Å²) in [7, 11) is 0. The van der Waals surface area contributed by atoms with Crippen molar-refractivity contribution >= 4 is 17.2 Å². The van der Waals surface area contributed by atoms with Crippen LogP contribution in [-0.2, 0) is 0 Å². The molecule has 0 spiro atoms. The van der Waals surface area contributed by atoms with Gasteiger partial charge >= 0.3 is 0 Å². The van der Waals surface area contributed by atoms with Gasteiger partial charge in [-0.1, -0.05) is 36.4 Å². The molecule has 0 bridgehead atoms. The number of benzene rings is 1. The van der Waals surface area contributed by atoms with Crippen LogP contribution < -0.4 is 5.32 Å². The number of hydrogen-bond acceptors (Lipinski definition) is 4. The van der Waals surface area contributed by atoms with Gasteiger partial charge in [0.2, 0.25) is 0 Å². The fourth-order valence-corrected chi connectivity index (χ4v) is 2.94. The van der Waals surface area contributed by atoms with Crippen molar-refractivity contribution in [3.05, 3.63) is 82.1 Å². The summed E-state index contributed by atoms with van der Waals surface area (Å²) in [4.78, 5) is 21.8. The third kappa shape index (κ3) is 3.20. The van der Waals surface area contributed by atoms with E-state index in [1.54, 1.807) is 17.5 Å². The van der Waals surface area contributed by atoms with E-state index in [2.05, 4.69) is 15.3 Å². The molecule has 2 aromatic heterocycles. The Morgan fingerprint density at radius 3 is 2.55 bits per heavy atom. The van der Waals surface area contributed by atoms with Gasteiger partial charge in [0.1, 0.15) is 5.69 Å². The molecule has 0 saturated heterocycles. The second-order valence-corrected chi connectivity index (χ2v) is 5.85. The Hall–Kier alpha value is -2.53. The Morgan fingerprint density at radius 2 is 1.91 bits per heavy atom. The van der Waals surface area contributed by atoms with Crippen LogP contribution in [0.25, 0.3) is 0 Å². The normalized spacial score (nSPS) is 11.9. The van der Waals surface area contributed by atoms with E-state index in [0.717, 1.165) is 16.1 Å². The molecule has 1 N–H and O–H groups in total. The molecule has 110 valence electrons. The zero-order valence-electron chi connectivity index (χ0n) is 12.1. The van der Waals surface area contributed by atoms with E-state index in [1.807, 2.05) is 54.8 Å². The minimum atomic E-state index is -0.227. The Balaban J connectivity index is 1.87. The topological polar surface area (TPSA) is 54.9 Å². The molecule has 5 heteroatoms. The molecule has 1 amide bonds. The monoisotopic (exact) mass is 309 g/mol. The summed E-state index contributed by atoms with van der Waals surface area (Å²) >= 11 is 1.61. The van der Waals surface area contributed by atoms with Crippen molar-refractivity contribution < 1.29 is 4.79 Å². The van der Waals surface area contributed by atoms with Crippen molar-refractivity contribution in [1.29, 1.82) is 0 Å². The number of carbonyl (C=O) groups is 1. The minimum absolute atomic E-state index is 0.184. The predicted molar refractivity (Wildman–Crippen MR) is 86.8 cm³/mol. The van der Waals surface area contributed by atoms with Gasteiger partial charge in [-0.2, -0.15) is 0 Å². The Morgan fingerprint density at radius 1 is 1.09 bits per heavy atom. The molecule has 1 atom stereocenters. The molecule has 22 heavy (non-hydrogen) atoms. The van der Waals surface area contributed by atoms with Crippen LogP contribution in [-0.4, -0.2) is 15.9 Å². The van der Waals surface area contributed by atoms with Crippen LogP contribution in [0.15, 0.2) is 60.2 Å². The number of nitrogens with zero attached hydrogens (tertiary/aromatic N) is 2. The molecule has 0 aliphatic rings. The molecule has 0 saturated carbocycles. The maximum atomic E-state index is 12.4. The van der Waals surface area contributed by atoms with Gasteiger partial charge in [-0.05, 0) is 23.9 Å². The Kier molecular flexibility index (Phi) is 4.25. The molecule has 0 aliphatic heterocycles. The van der Waals surface area contributed by atoms with E-state index < -0.39 is 0 Å². The number of amides is 1.